The summed E-state index contributed by atoms with van der Waals surface area (Å²) >= 11 is 1.87. The van der Waals surface area contributed by atoms with E-state index in [9.17, 15) is 0 Å². The summed E-state index contributed by atoms with van der Waals surface area (Å²) in [6.07, 6.45) is 1.15. The molecule has 2 aliphatic carbocycles. The van der Waals surface area contributed by atoms with Gasteiger partial charge in [-0.25, -0.2) is 9.97 Å². The van der Waals surface area contributed by atoms with Gasteiger partial charge in [0.15, 0.2) is 0 Å². The van der Waals surface area contributed by atoms with Crippen molar-refractivity contribution in [1.82, 2.24) is 14.5 Å². The van der Waals surface area contributed by atoms with Crippen LogP contribution in [0.1, 0.15) is 29.5 Å². The van der Waals surface area contributed by atoms with E-state index in [-0.39, 0.29) is 0 Å². The molecule has 0 radical (unpaired) electrons. The van der Waals surface area contributed by atoms with Crippen LogP contribution in [0.5, 0.6) is 0 Å². The van der Waals surface area contributed by atoms with E-state index in [1.54, 1.807) is 0 Å². The molecule has 1 fully saturated rings. The first kappa shape index (κ1) is 24.1. The molecule has 0 saturated heterocycles. The van der Waals surface area contributed by atoms with Crippen LogP contribution in [0, 0.1) is 0 Å². The van der Waals surface area contributed by atoms with Crippen LogP contribution in [0.4, 0.5) is 0 Å². The van der Waals surface area contributed by atoms with Crippen molar-refractivity contribution in [2.24, 2.45) is 0 Å². The minimum absolute atomic E-state index is 0.427. The quantitative estimate of drug-likeness (QED) is 0.200. The highest BCUT2D eigenvalue weighted by atomic mass is 32.1. The van der Waals surface area contributed by atoms with Crippen molar-refractivity contribution >= 4 is 64.1 Å². The lowest BCUT2D eigenvalue weighted by molar-refractivity contribution is 0.892. The van der Waals surface area contributed by atoms with Gasteiger partial charge < -0.3 is 0 Å². The lowest BCUT2D eigenvalue weighted by Crippen LogP contribution is -2.10. The molecule has 9 aromatic rings. The fraction of sp³-hybridized carbons (Fsp3) is 0.0732. The van der Waals surface area contributed by atoms with Crippen molar-refractivity contribution in [3.8, 4) is 28.3 Å². The van der Waals surface area contributed by atoms with E-state index in [1.807, 2.05) is 11.3 Å². The summed E-state index contributed by atoms with van der Waals surface area (Å²) in [5, 5.41) is 7.53. The first-order chi connectivity index (χ1) is 22.3. The van der Waals surface area contributed by atoms with Gasteiger partial charge in [0.2, 0.25) is 5.95 Å². The molecule has 3 nitrogen and oxygen atoms in total. The van der Waals surface area contributed by atoms with E-state index >= 15 is 0 Å². The van der Waals surface area contributed by atoms with Crippen molar-refractivity contribution in [1.29, 1.82) is 0 Å². The molecule has 2 aliphatic rings. The molecule has 2 atom stereocenters. The summed E-state index contributed by atoms with van der Waals surface area (Å²) in [7, 11) is 0. The summed E-state index contributed by atoms with van der Waals surface area (Å²) in [6.45, 7) is 0. The Morgan fingerprint density at radius 2 is 1.38 bits per heavy atom. The van der Waals surface area contributed by atoms with Gasteiger partial charge in [-0.2, -0.15) is 0 Å². The predicted octanol–water partition coefficient (Wildman–Crippen LogP) is 11.0. The first-order valence-electron chi connectivity index (χ1n) is 15.7. The number of fused-ring (bicyclic) bond motifs is 13. The Kier molecular flexibility index (Phi) is 4.62. The van der Waals surface area contributed by atoms with Crippen molar-refractivity contribution in [2.45, 2.75) is 18.3 Å². The molecule has 0 amide bonds. The van der Waals surface area contributed by atoms with Crippen molar-refractivity contribution in [3.05, 3.63) is 139 Å². The second kappa shape index (κ2) is 8.65. The number of benzene rings is 6. The zero-order valence-electron chi connectivity index (χ0n) is 24.2. The van der Waals surface area contributed by atoms with Gasteiger partial charge in [-0.15, -0.1) is 11.3 Å². The molecule has 0 bridgehead atoms. The Balaban J connectivity index is 1.26. The molecule has 6 aromatic carbocycles. The van der Waals surface area contributed by atoms with E-state index in [2.05, 4.69) is 132 Å². The van der Waals surface area contributed by atoms with Gasteiger partial charge in [0.25, 0.3) is 0 Å². The highest BCUT2D eigenvalue weighted by Gasteiger charge is 2.48. The van der Waals surface area contributed by atoms with Crippen molar-refractivity contribution in [2.75, 3.05) is 0 Å². The molecule has 210 valence electrons. The molecule has 45 heavy (non-hydrogen) atoms. The second-order valence-corrected chi connectivity index (χ2v) is 13.6. The fourth-order valence-corrected chi connectivity index (χ4v) is 9.06. The van der Waals surface area contributed by atoms with Gasteiger partial charge in [0.1, 0.15) is 0 Å². The third kappa shape index (κ3) is 3.29. The average molecular weight is 592 g/mol. The third-order valence-corrected chi connectivity index (χ3v) is 11.2. The van der Waals surface area contributed by atoms with Crippen LogP contribution in [0.15, 0.2) is 127 Å². The van der Waals surface area contributed by atoms with Crippen LogP contribution in [0.25, 0.3) is 81.1 Å². The van der Waals surface area contributed by atoms with E-state index in [1.165, 1.54) is 64.1 Å². The van der Waals surface area contributed by atoms with Gasteiger partial charge in [-0.05, 0) is 64.6 Å². The van der Waals surface area contributed by atoms with Crippen LogP contribution in [-0.2, 0) is 0 Å². The molecule has 1 saturated carbocycles. The van der Waals surface area contributed by atoms with Gasteiger partial charge >= 0.3 is 0 Å². The summed E-state index contributed by atoms with van der Waals surface area (Å²) in [6, 6.07) is 46.5. The van der Waals surface area contributed by atoms with Gasteiger partial charge in [0.05, 0.1) is 22.4 Å². The standard InChI is InChI=1S/C41H25N3S/c1-2-10-24-19-25(18-17-23(24)9-1)39-38-29-14-4-3-11-26(29)30-20-33(30)40(38)43-41(42-39)44-34-15-7-5-12-27(34)31-22-37-32(21-35(31)44)28-13-6-8-16-36(28)45-37/h1-19,21-22,30,33H,20H2. The van der Waals surface area contributed by atoms with E-state index in [0.29, 0.717) is 11.8 Å². The molecular weight excluding hydrogens is 567 g/mol. The molecule has 4 heteroatoms. The van der Waals surface area contributed by atoms with Crippen LogP contribution in [-0.4, -0.2) is 14.5 Å². The minimum atomic E-state index is 0.427. The molecule has 0 N–H and O–H groups in total. The van der Waals surface area contributed by atoms with Crippen molar-refractivity contribution < 1.29 is 0 Å². The number of thiophene rings is 1. The highest BCUT2D eigenvalue weighted by Crippen LogP contribution is 2.62. The predicted molar refractivity (Wildman–Crippen MR) is 188 cm³/mol. The molecule has 0 aliphatic heterocycles. The van der Waals surface area contributed by atoms with E-state index < -0.39 is 0 Å². The Morgan fingerprint density at radius 1 is 0.578 bits per heavy atom. The van der Waals surface area contributed by atoms with Crippen LogP contribution >= 0.6 is 11.3 Å². The largest absolute Gasteiger partial charge is 0.278 e. The maximum atomic E-state index is 5.54. The monoisotopic (exact) mass is 591 g/mol. The molecule has 2 unspecified atom stereocenters. The summed E-state index contributed by atoms with van der Waals surface area (Å²) in [5.74, 6) is 1.72. The van der Waals surface area contributed by atoms with E-state index in [0.717, 1.165) is 34.7 Å². The number of aromatic nitrogens is 3. The van der Waals surface area contributed by atoms with Crippen LogP contribution in [0.2, 0.25) is 0 Å². The Bertz CT molecular complexity index is 2710. The molecule has 11 rings (SSSR count). The fourth-order valence-electron chi connectivity index (χ4n) is 7.94. The smallest absolute Gasteiger partial charge is 0.235 e. The Labute approximate surface area is 263 Å². The molecule has 0 spiro atoms. The zero-order valence-corrected chi connectivity index (χ0v) is 25.1. The number of para-hydroxylation sites is 1. The normalized spacial score (nSPS) is 16.8. The lowest BCUT2D eigenvalue weighted by Gasteiger charge is -2.23. The highest BCUT2D eigenvalue weighted by molar-refractivity contribution is 7.25. The lowest BCUT2D eigenvalue weighted by atomic mass is 9.86. The van der Waals surface area contributed by atoms with Gasteiger partial charge in [-0.3, -0.25) is 4.57 Å². The van der Waals surface area contributed by atoms with Gasteiger partial charge in [0, 0.05) is 48.0 Å². The molecule has 3 aromatic heterocycles. The topological polar surface area (TPSA) is 30.7 Å². The molecule has 3 heterocycles. The number of hydrogen-bond acceptors (Lipinski definition) is 3. The number of rotatable bonds is 2. The molecular formula is C41H25N3S. The third-order valence-electron chi connectivity index (χ3n) is 10.1. The SMILES string of the molecule is c1ccc2c(c1)-c1c(-c3ccc4ccccc4c3)nc(-n3c4ccccc4c4cc5sc6ccccc6c5cc43)nc1C1CC21. The number of hydrogen-bond donors (Lipinski definition) is 0. The Hall–Kier alpha value is -5.32. The maximum Gasteiger partial charge on any atom is 0.235 e. The number of nitrogens with zero attached hydrogens (tertiary/aromatic N) is 3. The van der Waals surface area contributed by atoms with Crippen LogP contribution < -0.4 is 0 Å². The van der Waals surface area contributed by atoms with Gasteiger partial charge in [-0.1, -0.05) is 97.1 Å². The van der Waals surface area contributed by atoms with Crippen molar-refractivity contribution in [3.63, 3.8) is 0 Å². The first-order valence-corrected chi connectivity index (χ1v) is 16.5. The van der Waals surface area contributed by atoms with Crippen LogP contribution in [0.3, 0.4) is 0 Å². The Morgan fingerprint density at radius 3 is 2.33 bits per heavy atom. The average Bonchev–Trinajstić information content (AvgIpc) is 3.74. The second-order valence-electron chi connectivity index (χ2n) is 12.5. The summed E-state index contributed by atoms with van der Waals surface area (Å²) in [5.41, 5.74) is 9.57. The van der Waals surface area contributed by atoms with E-state index in [4.69, 9.17) is 9.97 Å². The summed E-state index contributed by atoms with van der Waals surface area (Å²) in [4.78, 5) is 11.1. The summed E-state index contributed by atoms with van der Waals surface area (Å²) < 4.78 is 4.95. The zero-order chi connectivity index (χ0) is 29.2. The maximum absolute atomic E-state index is 5.54. The minimum Gasteiger partial charge on any atom is -0.278 e.